The van der Waals surface area contributed by atoms with Crippen LogP contribution in [0.5, 0.6) is 0 Å². The van der Waals surface area contributed by atoms with Gasteiger partial charge in [-0.25, -0.2) is 9.59 Å². The number of hydrogen-bond donors (Lipinski definition) is 4. The normalized spacial score (nSPS) is 11.9. The molecular weight excluding hydrogens is 248 g/mol. The van der Waals surface area contributed by atoms with Gasteiger partial charge in [-0.1, -0.05) is 39.0 Å². The Balaban J connectivity index is 3.33. The van der Waals surface area contributed by atoms with E-state index in [0.29, 0.717) is 6.54 Å². The highest BCUT2D eigenvalue weighted by atomic mass is 16.4. The van der Waals surface area contributed by atoms with Gasteiger partial charge in [0.2, 0.25) is 0 Å². The molecule has 0 bridgehead atoms. The summed E-state index contributed by atoms with van der Waals surface area (Å²) in [5, 5.41) is 22.6. The van der Waals surface area contributed by atoms with Crippen molar-refractivity contribution >= 4 is 12.0 Å². The number of aliphatic carboxylic acids is 1. The molecule has 0 unspecified atom stereocenters. The number of carbonyl (C=O) groups is 2. The SMILES string of the molecule is CCCCCCCCNC(=O)NCC[C@H](O)C(=O)O. The number of carboxylic acids is 1. The van der Waals surface area contributed by atoms with Crippen LogP contribution in [0, 0.1) is 0 Å². The molecule has 19 heavy (non-hydrogen) atoms. The molecule has 0 heterocycles. The van der Waals surface area contributed by atoms with Crippen molar-refractivity contribution in [2.45, 2.75) is 58.0 Å². The maximum absolute atomic E-state index is 11.3. The summed E-state index contributed by atoms with van der Waals surface area (Å²) in [4.78, 5) is 21.6. The number of aliphatic hydroxyl groups is 1. The minimum absolute atomic E-state index is 0.0137. The average Bonchev–Trinajstić information content (AvgIpc) is 2.37. The van der Waals surface area contributed by atoms with E-state index < -0.39 is 12.1 Å². The lowest BCUT2D eigenvalue weighted by atomic mass is 10.1. The fraction of sp³-hybridized carbons (Fsp3) is 0.846. The molecule has 0 rings (SSSR count). The molecule has 0 saturated heterocycles. The van der Waals surface area contributed by atoms with Gasteiger partial charge in [-0.15, -0.1) is 0 Å². The second kappa shape index (κ2) is 11.8. The van der Waals surface area contributed by atoms with E-state index in [4.69, 9.17) is 10.2 Å². The van der Waals surface area contributed by atoms with Crippen LogP contribution in [0.2, 0.25) is 0 Å². The summed E-state index contributed by atoms with van der Waals surface area (Å²) in [5.74, 6) is -1.27. The molecule has 0 aliphatic carbocycles. The maximum Gasteiger partial charge on any atom is 0.332 e. The van der Waals surface area contributed by atoms with Gasteiger partial charge in [0.1, 0.15) is 0 Å². The Bertz CT molecular complexity index is 259. The van der Waals surface area contributed by atoms with Gasteiger partial charge in [-0.05, 0) is 6.42 Å². The van der Waals surface area contributed by atoms with Crippen LogP contribution in [0.25, 0.3) is 0 Å². The monoisotopic (exact) mass is 274 g/mol. The molecule has 2 amide bonds. The second-order valence-corrected chi connectivity index (χ2v) is 4.59. The summed E-state index contributed by atoms with van der Waals surface area (Å²) in [6, 6.07) is -0.314. The van der Waals surface area contributed by atoms with Gasteiger partial charge in [-0.3, -0.25) is 0 Å². The third-order valence-electron chi connectivity index (χ3n) is 2.80. The van der Waals surface area contributed by atoms with Crippen molar-refractivity contribution < 1.29 is 19.8 Å². The fourth-order valence-electron chi connectivity index (χ4n) is 1.62. The van der Waals surface area contributed by atoms with Gasteiger partial charge < -0.3 is 20.8 Å². The Hall–Kier alpha value is -1.30. The Morgan fingerprint density at radius 2 is 1.58 bits per heavy atom. The zero-order valence-electron chi connectivity index (χ0n) is 11.7. The molecule has 1 atom stereocenters. The van der Waals surface area contributed by atoms with E-state index in [-0.39, 0.29) is 19.0 Å². The van der Waals surface area contributed by atoms with Crippen LogP contribution in [0.1, 0.15) is 51.9 Å². The smallest absolute Gasteiger partial charge is 0.332 e. The molecule has 6 nitrogen and oxygen atoms in total. The van der Waals surface area contributed by atoms with Crippen molar-refractivity contribution in [2.75, 3.05) is 13.1 Å². The van der Waals surface area contributed by atoms with Crippen molar-refractivity contribution in [3.8, 4) is 0 Å². The number of urea groups is 1. The number of carboxylic acid groups (broad SMARTS) is 1. The second-order valence-electron chi connectivity index (χ2n) is 4.59. The van der Waals surface area contributed by atoms with Gasteiger partial charge in [0.25, 0.3) is 0 Å². The number of unbranched alkanes of at least 4 members (excludes halogenated alkanes) is 5. The van der Waals surface area contributed by atoms with Gasteiger partial charge in [0.15, 0.2) is 6.10 Å². The van der Waals surface area contributed by atoms with Gasteiger partial charge in [0.05, 0.1) is 0 Å². The summed E-state index contributed by atoms with van der Waals surface area (Å²) in [5.41, 5.74) is 0. The highest BCUT2D eigenvalue weighted by Gasteiger charge is 2.12. The van der Waals surface area contributed by atoms with Crippen LogP contribution in [-0.4, -0.2) is 41.4 Å². The molecular formula is C13H26N2O4. The average molecular weight is 274 g/mol. The van der Waals surface area contributed by atoms with Crippen LogP contribution in [0.3, 0.4) is 0 Å². The number of amides is 2. The molecule has 0 spiro atoms. The molecule has 112 valence electrons. The first-order valence-corrected chi connectivity index (χ1v) is 7.00. The van der Waals surface area contributed by atoms with E-state index >= 15 is 0 Å². The van der Waals surface area contributed by atoms with Crippen LogP contribution in [0.4, 0.5) is 4.79 Å². The van der Waals surface area contributed by atoms with Gasteiger partial charge in [-0.2, -0.15) is 0 Å². The third-order valence-corrected chi connectivity index (χ3v) is 2.80. The number of carbonyl (C=O) groups excluding carboxylic acids is 1. The van der Waals surface area contributed by atoms with Crippen molar-refractivity contribution in [1.29, 1.82) is 0 Å². The Labute approximate surface area is 114 Å². The Morgan fingerprint density at radius 1 is 1.00 bits per heavy atom. The molecule has 0 radical (unpaired) electrons. The fourth-order valence-corrected chi connectivity index (χ4v) is 1.62. The summed E-state index contributed by atoms with van der Waals surface area (Å²) < 4.78 is 0. The Kier molecular flexibility index (Phi) is 11.0. The predicted molar refractivity (Wildman–Crippen MR) is 73.0 cm³/mol. The highest BCUT2D eigenvalue weighted by molar-refractivity contribution is 5.74. The van der Waals surface area contributed by atoms with Crippen molar-refractivity contribution in [3.63, 3.8) is 0 Å². The van der Waals surface area contributed by atoms with E-state index in [1.54, 1.807) is 0 Å². The molecule has 0 aliphatic rings. The zero-order chi connectivity index (χ0) is 14.5. The van der Waals surface area contributed by atoms with Crippen molar-refractivity contribution in [3.05, 3.63) is 0 Å². The lowest BCUT2D eigenvalue weighted by Crippen LogP contribution is -2.38. The predicted octanol–water partition coefficient (Wildman–Crippen LogP) is 1.48. The molecule has 0 aromatic heterocycles. The molecule has 6 heteroatoms. The first-order chi connectivity index (χ1) is 9.07. The number of hydrogen-bond acceptors (Lipinski definition) is 3. The summed E-state index contributed by atoms with van der Waals surface area (Å²) >= 11 is 0. The van der Waals surface area contributed by atoms with Crippen molar-refractivity contribution in [2.24, 2.45) is 0 Å². The summed E-state index contributed by atoms with van der Waals surface area (Å²) in [6.07, 6.45) is 5.59. The molecule has 0 aromatic carbocycles. The highest BCUT2D eigenvalue weighted by Crippen LogP contribution is 2.03. The summed E-state index contributed by atoms with van der Waals surface area (Å²) in [7, 11) is 0. The van der Waals surface area contributed by atoms with Crippen LogP contribution in [0.15, 0.2) is 0 Å². The maximum atomic E-state index is 11.3. The largest absolute Gasteiger partial charge is 0.479 e. The van der Waals surface area contributed by atoms with Crippen LogP contribution in [-0.2, 0) is 4.79 Å². The molecule has 0 aliphatic heterocycles. The minimum Gasteiger partial charge on any atom is -0.479 e. The van der Waals surface area contributed by atoms with Crippen molar-refractivity contribution in [1.82, 2.24) is 10.6 Å². The third kappa shape index (κ3) is 11.5. The standard InChI is InChI=1S/C13H26N2O4/c1-2-3-4-5-6-7-9-14-13(19)15-10-8-11(16)12(17)18/h11,16H,2-10H2,1H3,(H,17,18)(H2,14,15,19)/t11-/m0/s1. The molecule has 0 saturated carbocycles. The zero-order valence-corrected chi connectivity index (χ0v) is 11.7. The number of aliphatic hydroxyl groups excluding tert-OH is 1. The van der Waals surface area contributed by atoms with Gasteiger partial charge >= 0.3 is 12.0 Å². The molecule has 4 N–H and O–H groups in total. The van der Waals surface area contributed by atoms with E-state index in [2.05, 4.69) is 17.6 Å². The van der Waals surface area contributed by atoms with Crippen LogP contribution >= 0.6 is 0 Å². The number of nitrogens with one attached hydrogen (secondary N) is 2. The van der Waals surface area contributed by atoms with Crippen LogP contribution < -0.4 is 10.6 Å². The van der Waals surface area contributed by atoms with E-state index in [0.717, 1.165) is 12.8 Å². The molecule has 0 aromatic rings. The number of rotatable bonds is 11. The van der Waals surface area contributed by atoms with E-state index in [9.17, 15) is 9.59 Å². The summed E-state index contributed by atoms with van der Waals surface area (Å²) in [6.45, 7) is 2.95. The first kappa shape index (κ1) is 17.7. The van der Waals surface area contributed by atoms with E-state index in [1.807, 2.05) is 0 Å². The van der Waals surface area contributed by atoms with E-state index in [1.165, 1.54) is 25.7 Å². The lowest BCUT2D eigenvalue weighted by Gasteiger charge is -2.08. The quantitative estimate of drug-likeness (QED) is 0.429. The molecule has 0 fully saturated rings. The van der Waals surface area contributed by atoms with Gasteiger partial charge in [0, 0.05) is 19.5 Å². The first-order valence-electron chi connectivity index (χ1n) is 7.00. The minimum atomic E-state index is -1.42. The lowest BCUT2D eigenvalue weighted by molar-refractivity contribution is -0.146. The Morgan fingerprint density at radius 3 is 2.21 bits per heavy atom. The topological polar surface area (TPSA) is 98.7 Å².